The second-order valence-corrected chi connectivity index (χ2v) is 5.57. The van der Waals surface area contributed by atoms with E-state index < -0.39 is 0 Å². The minimum atomic E-state index is -0.0880. The van der Waals surface area contributed by atoms with Crippen LogP contribution in [0.15, 0.2) is 36.0 Å². The first-order valence-electron chi connectivity index (χ1n) is 6.52. The number of nitrogens with one attached hydrogen (secondary N) is 1. The molecule has 5 nitrogen and oxygen atoms in total. The van der Waals surface area contributed by atoms with Gasteiger partial charge in [0, 0.05) is 25.5 Å². The Morgan fingerprint density at radius 3 is 2.90 bits per heavy atom. The molecule has 1 fully saturated rings. The van der Waals surface area contributed by atoms with Gasteiger partial charge in [-0.05, 0) is 30.0 Å². The molecule has 0 aromatic carbocycles. The summed E-state index contributed by atoms with van der Waals surface area (Å²) in [7, 11) is 0. The van der Waals surface area contributed by atoms with Crippen molar-refractivity contribution in [3.63, 3.8) is 0 Å². The van der Waals surface area contributed by atoms with E-state index in [1.165, 1.54) is 11.3 Å². The molecule has 0 unspecified atom stereocenters. The second kappa shape index (κ2) is 5.50. The number of hydrogen-bond acceptors (Lipinski definition) is 3. The summed E-state index contributed by atoms with van der Waals surface area (Å²) in [5.74, 6) is -0.157. The summed E-state index contributed by atoms with van der Waals surface area (Å²) in [5.41, 5.74) is 0.870. The predicted molar refractivity (Wildman–Crippen MR) is 77.2 cm³/mol. The fourth-order valence-electron chi connectivity index (χ4n) is 2.28. The Hall–Kier alpha value is -2.08. The van der Waals surface area contributed by atoms with Crippen LogP contribution in [0.2, 0.25) is 0 Å². The van der Waals surface area contributed by atoms with Gasteiger partial charge < -0.3 is 14.8 Å². The standard InChI is InChI=1S/C14H15N3O2S/c18-12-10-17(8-3-5-15-12)14(19)13-11(4-9-20-13)16-6-1-2-7-16/h1-2,4,6-7,9H,3,5,8,10H2,(H,15,18). The monoisotopic (exact) mass is 289 g/mol. The van der Waals surface area contributed by atoms with E-state index in [0.29, 0.717) is 18.0 Å². The third-order valence-corrected chi connectivity index (χ3v) is 4.16. The van der Waals surface area contributed by atoms with Gasteiger partial charge in [0.05, 0.1) is 12.2 Å². The van der Waals surface area contributed by atoms with Crippen LogP contribution in [0.5, 0.6) is 0 Å². The highest BCUT2D eigenvalue weighted by molar-refractivity contribution is 7.12. The topological polar surface area (TPSA) is 54.3 Å². The van der Waals surface area contributed by atoms with Crippen LogP contribution in [-0.2, 0) is 4.79 Å². The van der Waals surface area contributed by atoms with E-state index in [4.69, 9.17) is 0 Å². The highest BCUT2D eigenvalue weighted by atomic mass is 32.1. The third-order valence-electron chi connectivity index (χ3n) is 3.27. The van der Waals surface area contributed by atoms with E-state index in [-0.39, 0.29) is 18.4 Å². The summed E-state index contributed by atoms with van der Waals surface area (Å²) >= 11 is 1.41. The van der Waals surface area contributed by atoms with Crippen LogP contribution in [0.1, 0.15) is 16.1 Å². The van der Waals surface area contributed by atoms with Gasteiger partial charge in [-0.25, -0.2) is 0 Å². The molecule has 2 aromatic heterocycles. The number of thiophene rings is 1. The quantitative estimate of drug-likeness (QED) is 0.911. The van der Waals surface area contributed by atoms with Crippen molar-refractivity contribution in [2.24, 2.45) is 0 Å². The van der Waals surface area contributed by atoms with Crippen molar-refractivity contribution in [3.8, 4) is 5.69 Å². The van der Waals surface area contributed by atoms with Crippen molar-refractivity contribution in [3.05, 3.63) is 40.8 Å². The fourth-order valence-corrected chi connectivity index (χ4v) is 3.14. The van der Waals surface area contributed by atoms with Crippen LogP contribution < -0.4 is 5.32 Å². The maximum absolute atomic E-state index is 12.6. The lowest BCUT2D eigenvalue weighted by Crippen LogP contribution is -2.37. The molecule has 20 heavy (non-hydrogen) atoms. The normalized spacial score (nSPS) is 15.8. The average Bonchev–Trinajstić information content (AvgIpc) is 3.07. The summed E-state index contributed by atoms with van der Waals surface area (Å²) in [6.07, 6.45) is 4.61. The first-order valence-corrected chi connectivity index (χ1v) is 7.40. The van der Waals surface area contributed by atoms with Gasteiger partial charge in [0.15, 0.2) is 0 Å². The molecule has 104 valence electrons. The summed E-state index contributed by atoms with van der Waals surface area (Å²) in [5, 5.41) is 4.69. The summed E-state index contributed by atoms with van der Waals surface area (Å²) < 4.78 is 1.92. The average molecular weight is 289 g/mol. The van der Waals surface area contributed by atoms with Crippen molar-refractivity contribution in [1.82, 2.24) is 14.8 Å². The van der Waals surface area contributed by atoms with Crippen LogP contribution in [0.4, 0.5) is 0 Å². The number of aromatic nitrogens is 1. The molecule has 3 rings (SSSR count). The van der Waals surface area contributed by atoms with E-state index in [0.717, 1.165) is 12.1 Å². The minimum Gasteiger partial charge on any atom is -0.354 e. The van der Waals surface area contributed by atoms with Crippen LogP contribution in [0.25, 0.3) is 5.69 Å². The molecule has 0 atom stereocenters. The predicted octanol–water partition coefficient (Wildman–Crippen LogP) is 1.50. The number of hydrogen-bond donors (Lipinski definition) is 1. The van der Waals surface area contributed by atoms with E-state index in [2.05, 4.69) is 5.32 Å². The van der Waals surface area contributed by atoms with E-state index in [1.807, 2.05) is 40.5 Å². The Balaban J connectivity index is 1.87. The lowest BCUT2D eigenvalue weighted by atomic mass is 10.3. The van der Waals surface area contributed by atoms with Crippen LogP contribution >= 0.6 is 11.3 Å². The zero-order valence-electron chi connectivity index (χ0n) is 10.9. The molecule has 1 saturated heterocycles. The number of rotatable bonds is 2. The van der Waals surface area contributed by atoms with Crippen molar-refractivity contribution in [1.29, 1.82) is 0 Å². The molecule has 0 radical (unpaired) electrons. The molecule has 1 aliphatic rings. The Morgan fingerprint density at radius 2 is 2.10 bits per heavy atom. The molecular weight excluding hydrogens is 274 g/mol. The van der Waals surface area contributed by atoms with Crippen LogP contribution in [0.3, 0.4) is 0 Å². The van der Waals surface area contributed by atoms with Crippen molar-refractivity contribution in [2.45, 2.75) is 6.42 Å². The van der Waals surface area contributed by atoms with Gasteiger partial charge in [-0.15, -0.1) is 11.3 Å². The maximum atomic E-state index is 12.6. The number of carbonyl (C=O) groups is 2. The SMILES string of the molecule is O=C1CN(C(=O)c2sccc2-n2cccc2)CCCN1. The molecule has 3 heterocycles. The summed E-state index contributed by atoms with van der Waals surface area (Å²) in [4.78, 5) is 26.5. The van der Waals surface area contributed by atoms with E-state index in [9.17, 15) is 9.59 Å². The smallest absolute Gasteiger partial charge is 0.266 e. The van der Waals surface area contributed by atoms with Crippen LogP contribution in [0, 0.1) is 0 Å². The second-order valence-electron chi connectivity index (χ2n) is 4.66. The van der Waals surface area contributed by atoms with Crippen molar-refractivity contribution < 1.29 is 9.59 Å². The lowest BCUT2D eigenvalue weighted by molar-refractivity contribution is -0.121. The molecule has 6 heteroatoms. The van der Waals surface area contributed by atoms with Gasteiger partial charge in [0.1, 0.15) is 4.88 Å². The minimum absolute atomic E-state index is 0.0687. The van der Waals surface area contributed by atoms with Gasteiger partial charge >= 0.3 is 0 Å². The van der Waals surface area contributed by atoms with E-state index >= 15 is 0 Å². The van der Waals surface area contributed by atoms with Gasteiger partial charge in [-0.3, -0.25) is 9.59 Å². The molecule has 0 bridgehead atoms. The van der Waals surface area contributed by atoms with Gasteiger partial charge in [0.2, 0.25) is 5.91 Å². The van der Waals surface area contributed by atoms with Gasteiger partial charge in [-0.1, -0.05) is 0 Å². The molecule has 1 N–H and O–H groups in total. The first kappa shape index (κ1) is 12.9. The number of carbonyl (C=O) groups excluding carboxylic acids is 2. The van der Waals surface area contributed by atoms with Crippen LogP contribution in [-0.4, -0.2) is 40.9 Å². The first-order chi connectivity index (χ1) is 9.75. The highest BCUT2D eigenvalue weighted by Crippen LogP contribution is 2.23. The highest BCUT2D eigenvalue weighted by Gasteiger charge is 2.24. The fraction of sp³-hybridized carbons (Fsp3) is 0.286. The largest absolute Gasteiger partial charge is 0.354 e. The van der Waals surface area contributed by atoms with Gasteiger partial charge in [-0.2, -0.15) is 0 Å². The Morgan fingerprint density at radius 1 is 1.30 bits per heavy atom. The zero-order chi connectivity index (χ0) is 13.9. The Labute approximate surface area is 120 Å². The summed E-state index contributed by atoms with van der Waals surface area (Å²) in [6.45, 7) is 1.39. The maximum Gasteiger partial charge on any atom is 0.266 e. The van der Waals surface area contributed by atoms with Gasteiger partial charge in [0.25, 0.3) is 5.91 Å². The van der Waals surface area contributed by atoms with Crippen molar-refractivity contribution in [2.75, 3.05) is 19.6 Å². The molecule has 2 aromatic rings. The number of nitrogens with zero attached hydrogens (tertiary/aromatic N) is 2. The Bertz CT molecular complexity index is 618. The summed E-state index contributed by atoms with van der Waals surface area (Å²) in [6, 6.07) is 5.77. The molecule has 2 amide bonds. The molecule has 0 spiro atoms. The molecular formula is C14H15N3O2S. The number of amides is 2. The Kier molecular flexibility index (Phi) is 3.56. The third kappa shape index (κ3) is 2.46. The molecule has 0 saturated carbocycles. The zero-order valence-corrected chi connectivity index (χ0v) is 11.7. The lowest BCUT2D eigenvalue weighted by Gasteiger charge is -2.19. The molecule has 1 aliphatic heterocycles. The van der Waals surface area contributed by atoms with E-state index in [1.54, 1.807) is 4.90 Å². The van der Waals surface area contributed by atoms with Crippen molar-refractivity contribution >= 4 is 23.2 Å². The molecule has 0 aliphatic carbocycles.